The maximum Gasteiger partial charge on any atom is 0.344 e. The molecule has 0 aromatic heterocycles. The summed E-state index contributed by atoms with van der Waals surface area (Å²) < 4.78 is 42.7. The monoisotopic (exact) mass is 357 g/mol. The first-order valence-electron chi connectivity index (χ1n) is 7.83. The van der Waals surface area contributed by atoms with E-state index in [0.717, 1.165) is 11.1 Å². The third-order valence-electron chi connectivity index (χ3n) is 3.80. The van der Waals surface area contributed by atoms with Crippen LogP contribution in [0.25, 0.3) is 0 Å². The van der Waals surface area contributed by atoms with Gasteiger partial charge in [-0.15, -0.1) is 0 Å². The van der Waals surface area contributed by atoms with Crippen LogP contribution in [-0.4, -0.2) is 58.2 Å². The lowest BCUT2D eigenvalue weighted by Gasteiger charge is -2.27. The molecular weight excluding hydrogens is 334 g/mol. The Bertz CT molecular complexity index is 695. The molecule has 1 aliphatic heterocycles. The first-order valence-corrected chi connectivity index (χ1v) is 9.27. The van der Waals surface area contributed by atoms with Gasteiger partial charge in [-0.25, -0.2) is 13.2 Å². The Kier molecular flexibility index (Phi) is 6.20. The first-order chi connectivity index (χ1) is 11.4. The third-order valence-corrected chi connectivity index (χ3v) is 5.72. The van der Waals surface area contributed by atoms with Crippen molar-refractivity contribution in [1.82, 2.24) is 4.31 Å². The normalized spacial score (nSPS) is 16.0. The van der Waals surface area contributed by atoms with Crippen molar-refractivity contribution >= 4 is 16.0 Å². The van der Waals surface area contributed by atoms with Crippen LogP contribution in [-0.2, 0) is 24.3 Å². The number of hydrogen-bond donors (Lipinski definition) is 0. The molecule has 1 heterocycles. The van der Waals surface area contributed by atoms with Crippen molar-refractivity contribution in [3.63, 3.8) is 0 Å². The number of rotatable bonds is 6. The highest BCUT2D eigenvalue weighted by Gasteiger charge is 2.30. The fraction of sp³-hybridized carbons (Fsp3) is 0.562. The van der Waals surface area contributed by atoms with E-state index in [1.807, 2.05) is 13.8 Å². The van der Waals surface area contributed by atoms with Crippen molar-refractivity contribution in [3.8, 4) is 5.75 Å². The van der Waals surface area contributed by atoms with Crippen LogP contribution in [0, 0.1) is 13.8 Å². The van der Waals surface area contributed by atoms with E-state index in [4.69, 9.17) is 14.2 Å². The molecule has 7 nitrogen and oxygen atoms in total. The average molecular weight is 357 g/mol. The molecule has 8 heteroatoms. The van der Waals surface area contributed by atoms with Crippen molar-refractivity contribution in [1.29, 1.82) is 0 Å². The molecule has 0 aliphatic carbocycles. The average Bonchev–Trinajstić information content (AvgIpc) is 2.56. The molecule has 134 valence electrons. The number of carbonyl (C=O) groups is 1. The molecule has 2 rings (SSSR count). The molecule has 0 bridgehead atoms. The maximum absolute atomic E-state index is 12.9. The lowest BCUT2D eigenvalue weighted by molar-refractivity contribution is -0.145. The summed E-state index contributed by atoms with van der Waals surface area (Å²) in [5, 5.41) is 0. The van der Waals surface area contributed by atoms with E-state index in [9.17, 15) is 13.2 Å². The second kappa shape index (κ2) is 7.96. The standard InChI is InChI=1S/C16H23NO6S/c1-4-22-16(18)11-23-14-9-12(2)13(3)10-15(14)24(19,20)17-5-7-21-8-6-17/h9-10H,4-8,11H2,1-3H3. The van der Waals surface area contributed by atoms with E-state index in [-0.39, 0.29) is 23.9 Å². The van der Waals surface area contributed by atoms with Gasteiger partial charge in [0.05, 0.1) is 19.8 Å². The largest absolute Gasteiger partial charge is 0.480 e. The van der Waals surface area contributed by atoms with Crippen LogP contribution in [0.1, 0.15) is 18.1 Å². The molecule has 0 atom stereocenters. The minimum Gasteiger partial charge on any atom is -0.480 e. The molecule has 0 saturated carbocycles. The van der Waals surface area contributed by atoms with Gasteiger partial charge in [0.1, 0.15) is 10.6 Å². The van der Waals surface area contributed by atoms with Crippen LogP contribution in [0.4, 0.5) is 0 Å². The highest BCUT2D eigenvalue weighted by atomic mass is 32.2. The third kappa shape index (κ3) is 4.25. The highest BCUT2D eigenvalue weighted by molar-refractivity contribution is 7.89. The number of ether oxygens (including phenoxy) is 3. The highest BCUT2D eigenvalue weighted by Crippen LogP contribution is 2.30. The second-order valence-electron chi connectivity index (χ2n) is 5.49. The van der Waals surface area contributed by atoms with Gasteiger partial charge >= 0.3 is 5.97 Å². The van der Waals surface area contributed by atoms with Gasteiger partial charge in [0.2, 0.25) is 10.0 Å². The summed E-state index contributed by atoms with van der Waals surface area (Å²) in [4.78, 5) is 11.6. The number of benzene rings is 1. The van der Waals surface area contributed by atoms with Crippen LogP contribution >= 0.6 is 0 Å². The molecule has 1 fully saturated rings. The van der Waals surface area contributed by atoms with Gasteiger partial charge in [0.25, 0.3) is 0 Å². The van der Waals surface area contributed by atoms with Gasteiger partial charge in [0, 0.05) is 13.1 Å². The summed E-state index contributed by atoms with van der Waals surface area (Å²) >= 11 is 0. The predicted molar refractivity (Wildman–Crippen MR) is 87.6 cm³/mol. The van der Waals surface area contributed by atoms with E-state index < -0.39 is 16.0 Å². The van der Waals surface area contributed by atoms with Crippen LogP contribution in [0.15, 0.2) is 17.0 Å². The Morgan fingerprint density at radius 2 is 1.83 bits per heavy atom. The van der Waals surface area contributed by atoms with E-state index in [2.05, 4.69) is 0 Å². The molecule has 1 aromatic rings. The van der Waals surface area contributed by atoms with E-state index in [1.54, 1.807) is 19.1 Å². The minimum atomic E-state index is -3.72. The number of nitrogens with zero attached hydrogens (tertiary/aromatic N) is 1. The molecule has 1 aromatic carbocycles. The number of sulfonamides is 1. The Morgan fingerprint density at radius 1 is 1.21 bits per heavy atom. The first kappa shape index (κ1) is 18.7. The van der Waals surface area contributed by atoms with E-state index in [1.165, 1.54) is 4.31 Å². The molecule has 0 unspecified atom stereocenters. The number of carbonyl (C=O) groups excluding carboxylic acids is 1. The topological polar surface area (TPSA) is 82.1 Å². The van der Waals surface area contributed by atoms with Gasteiger partial charge in [-0.2, -0.15) is 4.31 Å². The van der Waals surface area contributed by atoms with Crippen LogP contribution < -0.4 is 4.74 Å². The molecule has 24 heavy (non-hydrogen) atoms. The lowest BCUT2D eigenvalue weighted by atomic mass is 10.1. The zero-order valence-electron chi connectivity index (χ0n) is 14.2. The number of aryl methyl sites for hydroxylation is 2. The Balaban J connectivity index is 2.33. The molecule has 0 N–H and O–H groups in total. The summed E-state index contributed by atoms with van der Waals surface area (Å²) in [5.41, 5.74) is 1.72. The summed E-state index contributed by atoms with van der Waals surface area (Å²) in [6.45, 7) is 6.63. The summed E-state index contributed by atoms with van der Waals surface area (Å²) in [7, 11) is -3.72. The predicted octanol–water partition coefficient (Wildman–Crippen LogP) is 1.27. The SMILES string of the molecule is CCOC(=O)COc1cc(C)c(C)cc1S(=O)(=O)N1CCOCC1. The molecule has 0 radical (unpaired) electrons. The van der Waals surface area contributed by atoms with Crippen LogP contribution in [0.2, 0.25) is 0 Å². The quantitative estimate of drug-likeness (QED) is 0.713. The van der Waals surface area contributed by atoms with Gasteiger partial charge in [-0.05, 0) is 44.0 Å². The van der Waals surface area contributed by atoms with Crippen molar-refractivity contribution in [2.45, 2.75) is 25.7 Å². The van der Waals surface area contributed by atoms with E-state index in [0.29, 0.717) is 26.3 Å². The summed E-state index contributed by atoms with van der Waals surface area (Å²) in [5.74, 6) is -0.372. The van der Waals surface area contributed by atoms with Crippen LogP contribution in [0.5, 0.6) is 5.75 Å². The Labute approximate surface area is 142 Å². The number of esters is 1. The van der Waals surface area contributed by atoms with Gasteiger partial charge in [-0.3, -0.25) is 0 Å². The molecular formula is C16H23NO6S. The zero-order valence-corrected chi connectivity index (χ0v) is 15.0. The Morgan fingerprint density at radius 3 is 2.46 bits per heavy atom. The molecule has 0 amide bonds. The van der Waals surface area contributed by atoms with Crippen LogP contribution in [0.3, 0.4) is 0 Å². The maximum atomic E-state index is 12.9. The van der Waals surface area contributed by atoms with Crippen molar-refractivity contribution in [3.05, 3.63) is 23.3 Å². The zero-order chi connectivity index (χ0) is 17.7. The second-order valence-corrected chi connectivity index (χ2v) is 7.40. The van der Waals surface area contributed by atoms with Gasteiger partial charge in [-0.1, -0.05) is 0 Å². The molecule has 0 spiro atoms. The van der Waals surface area contributed by atoms with Crippen molar-refractivity contribution in [2.24, 2.45) is 0 Å². The molecule has 1 saturated heterocycles. The molecule has 1 aliphatic rings. The van der Waals surface area contributed by atoms with Crippen molar-refractivity contribution < 1.29 is 27.4 Å². The summed E-state index contributed by atoms with van der Waals surface area (Å²) in [6.07, 6.45) is 0. The fourth-order valence-electron chi connectivity index (χ4n) is 2.34. The summed E-state index contributed by atoms with van der Waals surface area (Å²) in [6, 6.07) is 3.22. The minimum absolute atomic E-state index is 0.0665. The lowest BCUT2D eigenvalue weighted by Crippen LogP contribution is -2.40. The number of hydrogen-bond acceptors (Lipinski definition) is 6. The smallest absolute Gasteiger partial charge is 0.344 e. The van der Waals surface area contributed by atoms with Gasteiger partial charge in [0.15, 0.2) is 6.61 Å². The Hall–Kier alpha value is -1.64. The van der Waals surface area contributed by atoms with Gasteiger partial charge < -0.3 is 14.2 Å². The van der Waals surface area contributed by atoms with E-state index >= 15 is 0 Å². The fourth-order valence-corrected chi connectivity index (χ4v) is 3.95. The number of morpholine rings is 1. The van der Waals surface area contributed by atoms with Crippen molar-refractivity contribution in [2.75, 3.05) is 39.5 Å².